The summed E-state index contributed by atoms with van der Waals surface area (Å²) in [6.07, 6.45) is 0. The van der Waals surface area contributed by atoms with Crippen molar-refractivity contribution in [2.24, 2.45) is 0 Å². The van der Waals surface area contributed by atoms with E-state index in [0.717, 1.165) is 11.4 Å². The van der Waals surface area contributed by atoms with Gasteiger partial charge in [0, 0.05) is 11.3 Å². The lowest BCUT2D eigenvalue weighted by molar-refractivity contribution is 0.102. The van der Waals surface area contributed by atoms with Gasteiger partial charge in [0.15, 0.2) is 0 Å². The number of allylic oxidation sites excluding steroid dienone is 2. The first-order valence-electron chi connectivity index (χ1n) is 5.09. The van der Waals surface area contributed by atoms with Gasteiger partial charge < -0.3 is 15.4 Å². The lowest BCUT2D eigenvalue weighted by atomic mass is 10.1. The Balaban J connectivity index is 2.24. The van der Waals surface area contributed by atoms with E-state index in [-0.39, 0.29) is 5.78 Å². The molecule has 0 aliphatic carbocycles. The van der Waals surface area contributed by atoms with E-state index in [0.29, 0.717) is 17.9 Å². The van der Waals surface area contributed by atoms with Gasteiger partial charge in [-0.25, -0.2) is 0 Å². The van der Waals surface area contributed by atoms with E-state index in [1.807, 2.05) is 6.92 Å². The Kier molecular flexibility index (Phi) is 2.81. The summed E-state index contributed by atoms with van der Waals surface area (Å²) in [5, 5.41) is 6.09. The standard InChI is InChI=1S/C12H14N2O2/c1-8-11(14-7-13-8)12(15)9-3-5-10(16-2)6-4-9/h3-6,13-14H,7H2,1-2H3. The first kappa shape index (κ1) is 10.5. The van der Waals surface area contributed by atoms with E-state index in [2.05, 4.69) is 10.6 Å². The second kappa shape index (κ2) is 4.26. The van der Waals surface area contributed by atoms with Gasteiger partial charge in [-0.1, -0.05) is 0 Å². The van der Waals surface area contributed by atoms with Gasteiger partial charge in [0.1, 0.15) is 11.4 Å². The highest BCUT2D eigenvalue weighted by molar-refractivity contribution is 6.08. The summed E-state index contributed by atoms with van der Waals surface area (Å²) in [7, 11) is 1.60. The van der Waals surface area contributed by atoms with Crippen LogP contribution in [0.2, 0.25) is 0 Å². The molecule has 84 valence electrons. The number of carbonyl (C=O) groups excluding carboxylic acids is 1. The molecule has 1 aromatic rings. The summed E-state index contributed by atoms with van der Waals surface area (Å²) >= 11 is 0. The summed E-state index contributed by atoms with van der Waals surface area (Å²) in [4.78, 5) is 12.1. The molecular formula is C12H14N2O2. The van der Waals surface area contributed by atoms with Crippen LogP contribution in [-0.4, -0.2) is 19.6 Å². The van der Waals surface area contributed by atoms with Crippen LogP contribution in [-0.2, 0) is 0 Å². The molecule has 1 aliphatic heterocycles. The Morgan fingerprint density at radius 1 is 1.25 bits per heavy atom. The monoisotopic (exact) mass is 218 g/mol. The number of hydrogen-bond acceptors (Lipinski definition) is 4. The van der Waals surface area contributed by atoms with Crippen molar-refractivity contribution in [3.8, 4) is 5.75 Å². The van der Waals surface area contributed by atoms with Crippen LogP contribution in [0.25, 0.3) is 0 Å². The molecule has 0 aromatic heterocycles. The molecule has 1 aromatic carbocycles. The number of ether oxygens (including phenoxy) is 1. The Bertz CT molecular complexity index is 435. The average molecular weight is 218 g/mol. The number of rotatable bonds is 3. The molecule has 0 bridgehead atoms. The molecule has 0 radical (unpaired) electrons. The molecule has 1 heterocycles. The van der Waals surface area contributed by atoms with Crippen molar-refractivity contribution in [1.82, 2.24) is 10.6 Å². The minimum atomic E-state index is 0.00477. The Morgan fingerprint density at radius 2 is 1.94 bits per heavy atom. The number of nitrogens with one attached hydrogen (secondary N) is 2. The van der Waals surface area contributed by atoms with Gasteiger partial charge in [-0.05, 0) is 31.2 Å². The summed E-state index contributed by atoms with van der Waals surface area (Å²) < 4.78 is 5.04. The van der Waals surface area contributed by atoms with Crippen LogP contribution in [0.4, 0.5) is 0 Å². The van der Waals surface area contributed by atoms with Crippen LogP contribution < -0.4 is 15.4 Å². The molecular weight excluding hydrogens is 204 g/mol. The number of methoxy groups -OCH3 is 1. The van der Waals surface area contributed by atoms with Crippen LogP contribution in [0.3, 0.4) is 0 Å². The fraction of sp³-hybridized carbons (Fsp3) is 0.250. The molecule has 0 fully saturated rings. The van der Waals surface area contributed by atoms with Gasteiger partial charge in [0.2, 0.25) is 5.78 Å². The molecule has 2 rings (SSSR count). The Hall–Kier alpha value is -1.97. The van der Waals surface area contributed by atoms with Crippen molar-refractivity contribution in [3.63, 3.8) is 0 Å². The number of hydrogen-bond donors (Lipinski definition) is 2. The van der Waals surface area contributed by atoms with E-state index >= 15 is 0 Å². The summed E-state index contributed by atoms with van der Waals surface area (Å²) in [5.74, 6) is 0.755. The molecule has 1 aliphatic rings. The molecule has 4 heteroatoms. The molecule has 2 N–H and O–H groups in total. The minimum Gasteiger partial charge on any atom is -0.497 e. The lowest BCUT2D eigenvalue weighted by Gasteiger charge is -2.04. The first-order valence-corrected chi connectivity index (χ1v) is 5.09. The van der Waals surface area contributed by atoms with E-state index in [1.54, 1.807) is 31.4 Å². The zero-order valence-electron chi connectivity index (χ0n) is 9.33. The van der Waals surface area contributed by atoms with Crippen molar-refractivity contribution >= 4 is 5.78 Å². The van der Waals surface area contributed by atoms with Gasteiger partial charge in [0.05, 0.1) is 13.8 Å². The summed E-state index contributed by atoms with van der Waals surface area (Å²) in [6, 6.07) is 7.10. The van der Waals surface area contributed by atoms with E-state index in [9.17, 15) is 4.79 Å². The molecule has 0 saturated carbocycles. The zero-order valence-corrected chi connectivity index (χ0v) is 9.33. The molecule has 4 nitrogen and oxygen atoms in total. The van der Waals surface area contributed by atoms with Gasteiger partial charge in [-0.3, -0.25) is 4.79 Å². The maximum Gasteiger partial charge on any atom is 0.210 e. The van der Waals surface area contributed by atoms with Crippen molar-refractivity contribution in [2.45, 2.75) is 6.92 Å². The molecule has 0 atom stereocenters. The second-order valence-corrected chi connectivity index (χ2v) is 3.59. The van der Waals surface area contributed by atoms with Gasteiger partial charge >= 0.3 is 0 Å². The van der Waals surface area contributed by atoms with Crippen LogP contribution in [0.15, 0.2) is 35.7 Å². The Morgan fingerprint density at radius 3 is 2.44 bits per heavy atom. The molecule has 0 amide bonds. The highest BCUT2D eigenvalue weighted by Crippen LogP contribution is 2.15. The molecule has 0 saturated heterocycles. The number of benzene rings is 1. The molecule has 16 heavy (non-hydrogen) atoms. The van der Waals surface area contributed by atoms with E-state index in [1.165, 1.54) is 0 Å². The number of Topliss-reactive ketones (excluding diaryl/α,β-unsaturated/α-hetero) is 1. The summed E-state index contributed by atoms with van der Waals surface area (Å²) in [6.45, 7) is 2.50. The fourth-order valence-corrected chi connectivity index (χ4v) is 1.62. The maximum atomic E-state index is 12.1. The fourth-order valence-electron chi connectivity index (χ4n) is 1.62. The second-order valence-electron chi connectivity index (χ2n) is 3.59. The van der Waals surface area contributed by atoms with Crippen molar-refractivity contribution in [2.75, 3.05) is 13.8 Å². The Labute approximate surface area is 94.3 Å². The van der Waals surface area contributed by atoms with Gasteiger partial charge in [-0.2, -0.15) is 0 Å². The van der Waals surface area contributed by atoms with Gasteiger partial charge in [-0.15, -0.1) is 0 Å². The van der Waals surface area contributed by atoms with E-state index < -0.39 is 0 Å². The first-order chi connectivity index (χ1) is 7.72. The van der Waals surface area contributed by atoms with Crippen LogP contribution in [0.1, 0.15) is 17.3 Å². The van der Waals surface area contributed by atoms with Gasteiger partial charge in [0.25, 0.3) is 0 Å². The number of ketones is 1. The van der Waals surface area contributed by atoms with Crippen molar-refractivity contribution in [3.05, 3.63) is 41.2 Å². The third kappa shape index (κ3) is 1.86. The summed E-state index contributed by atoms with van der Waals surface area (Å²) in [5.41, 5.74) is 2.19. The normalized spacial score (nSPS) is 14.4. The average Bonchev–Trinajstić information content (AvgIpc) is 2.75. The highest BCUT2D eigenvalue weighted by atomic mass is 16.5. The van der Waals surface area contributed by atoms with Crippen LogP contribution >= 0.6 is 0 Å². The minimum absolute atomic E-state index is 0.00477. The third-order valence-electron chi connectivity index (χ3n) is 2.57. The lowest BCUT2D eigenvalue weighted by Crippen LogP contribution is -2.18. The van der Waals surface area contributed by atoms with Crippen LogP contribution in [0, 0.1) is 0 Å². The van der Waals surface area contributed by atoms with Crippen molar-refractivity contribution in [1.29, 1.82) is 0 Å². The predicted octanol–water partition coefficient (Wildman–Crippen LogP) is 1.26. The van der Waals surface area contributed by atoms with Crippen LogP contribution in [0.5, 0.6) is 5.75 Å². The van der Waals surface area contributed by atoms with Crippen molar-refractivity contribution < 1.29 is 9.53 Å². The largest absolute Gasteiger partial charge is 0.497 e. The topological polar surface area (TPSA) is 50.4 Å². The zero-order chi connectivity index (χ0) is 11.5. The highest BCUT2D eigenvalue weighted by Gasteiger charge is 2.18. The number of carbonyl (C=O) groups is 1. The SMILES string of the molecule is COc1ccc(C(=O)C2=C(C)NCN2)cc1. The third-order valence-corrected chi connectivity index (χ3v) is 2.57. The predicted molar refractivity (Wildman–Crippen MR) is 61.2 cm³/mol. The molecule has 0 unspecified atom stereocenters. The quantitative estimate of drug-likeness (QED) is 0.750. The smallest absolute Gasteiger partial charge is 0.210 e. The maximum absolute atomic E-state index is 12.1. The molecule has 0 spiro atoms. The van der Waals surface area contributed by atoms with E-state index in [4.69, 9.17) is 4.74 Å².